The van der Waals surface area contributed by atoms with Crippen LogP contribution in [0.25, 0.3) is 6.08 Å². The van der Waals surface area contributed by atoms with E-state index in [1.165, 1.54) is 34.5 Å². The summed E-state index contributed by atoms with van der Waals surface area (Å²) in [6.45, 7) is 5.58. The van der Waals surface area contributed by atoms with Crippen molar-refractivity contribution in [1.82, 2.24) is 0 Å². The molecule has 0 fully saturated rings. The summed E-state index contributed by atoms with van der Waals surface area (Å²) in [7, 11) is 0. The van der Waals surface area contributed by atoms with Crippen LogP contribution in [0.15, 0.2) is 35.5 Å². The molecular weight excluding hydrogens is 182 g/mol. The van der Waals surface area contributed by atoms with E-state index in [1.54, 1.807) is 0 Å². The molecule has 1 nitrogen and oxygen atoms in total. The highest BCUT2D eigenvalue weighted by Crippen LogP contribution is 2.38. The fourth-order valence-corrected chi connectivity index (χ4v) is 2.58. The standard InChI is InChI=1S/C14H15N/c1-10-8-9-15-13(10)7-6-12-5-3-4-11(2)14(12)15/h3-7H,8-9H2,1-2H3. The van der Waals surface area contributed by atoms with Crippen LogP contribution in [0.1, 0.15) is 24.5 Å². The molecule has 0 saturated heterocycles. The summed E-state index contributed by atoms with van der Waals surface area (Å²) < 4.78 is 0. The van der Waals surface area contributed by atoms with Crippen molar-refractivity contribution in [1.29, 1.82) is 0 Å². The molecule has 2 aliphatic heterocycles. The molecule has 0 aliphatic carbocycles. The van der Waals surface area contributed by atoms with Gasteiger partial charge in [0.2, 0.25) is 0 Å². The normalized spacial score (nSPS) is 18.1. The first-order valence-corrected chi connectivity index (χ1v) is 5.52. The van der Waals surface area contributed by atoms with Crippen molar-refractivity contribution >= 4 is 11.8 Å². The number of anilines is 1. The third kappa shape index (κ3) is 1.16. The van der Waals surface area contributed by atoms with Crippen LogP contribution in [-0.4, -0.2) is 6.54 Å². The highest BCUT2D eigenvalue weighted by molar-refractivity contribution is 5.80. The van der Waals surface area contributed by atoms with E-state index in [4.69, 9.17) is 0 Å². The Bertz CT molecular complexity index is 480. The first-order valence-electron chi connectivity index (χ1n) is 5.52. The van der Waals surface area contributed by atoms with Crippen molar-refractivity contribution in [2.24, 2.45) is 0 Å². The van der Waals surface area contributed by atoms with Crippen LogP contribution in [0.4, 0.5) is 5.69 Å². The summed E-state index contributed by atoms with van der Waals surface area (Å²) in [5.74, 6) is 0. The number of rotatable bonds is 0. The Balaban J connectivity index is 2.24. The molecule has 0 radical (unpaired) electrons. The van der Waals surface area contributed by atoms with E-state index in [2.05, 4.69) is 49.1 Å². The maximum atomic E-state index is 2.46. The topological polar surface area (TPSA) is 3.24 Å². The number of benzene rings is 1. The number of hydrogen-bond donors (Lipinski definition) is 0. The maximum absolute atomic E-state index is 2.46. The smallest absolute Gasteiger partial charge is 0.0514 e. The van der Waals surface area contributed by atoms with E-state index in [9.17, 15) is 0 Å². The highest BCUT2D eigenvalue weighted by Gasteiger charge is 2.24. The van der Waals surface area contributed by atoms with Gasteiger partial charge in [-0.15, -0.1) is 0 Å². The Kier molecular flexibility index (Phi) is 1.75. The second-order valence-electron chi connectivity index (χ2n) is 4.41. The quantitative estimate of drug-likeness (QED) is 0.615. The zero-order valence-corrected chi connectivity index (χ0v) is 9.25. The van der Waals surface area contributed by atoms with E-state index >= 15 is 0 Å². The first kappa shape index (κ1) is 8.78. The van der Waals surface area contributed by atoms with Crippen molar-refractivity contribution in [2.75, 3.05) is 11.4 Å². The Morgan fingerprint density at radius 3 is 2.87 bits per heavy atom. The molecule has 0 amide bonds. The molecule has 0 aromatic heterocycles. The number of para-hydroxylation sites is 1. The fourth-order valence-electron chi connectivity index (χ4n) is 2.58. The predicted molar refractivity (Wildman–Crippen MR) is 64.9 cm³/mol. The Hall–Kier alpha value is -1.50. The summed E-state index contributed by atoms with van der Waals surface area (Å²) in [6, 6.07) is 6.53. The molecule has 76 valence electrons. The molecule has 2 aliphatic rings. The maximum Gasteiger partial charge on any atom is 0.0514 e. The highest BCUT2D eigenvalue weighted by atomic mass is 15.2. The monoisotopic (exact) mass is 197 g/mol. The zero-order valence-electron chi connectivity index (χ0n) is 9.25. The van der Waals surface area contributed by atoms with Crippen molar-refractivity contribution in [2.45, 2.75) is 20.3 Å². The van der Waals surface area contributed by atoms with Gasteiger partial charge in [0.05, 0.1) is 5.69 Å². The second-order valence-corrected chi connectivity index (χ2v) is 4.41. The van der Waals surface area contributed by atoms with Gasteiger partial charge in [-0.2, -0.15) is 0 Å². The summed E-state index contributed by atoms with van der Waals surface area (Å²) in [6.07, 6.45) is 5.69. The number of nitrogens with zero attached hydrogens (tertiary/aromatic N) is 1. The number of hydrogen-bond acceptors (Lipinski definition) is 1. The first-order chi connectivity index (χ1) is 7.27. The van der Waals surface area contributed by atoms with E-state index in [-0.39, 0.29) is 0 Å². The summed E-state index contributed by atoms with van der Waals surface area (Å²) in [5.41, 5.74) is 7.07. The van der Waals surface area contributed by atoms with Gasteiger partial charge >= 0.3 is 0 Å². The molecule has 0 spiro atoms. The minimum Gasteiger partial charge on any atom is -0.341 e. The molecule has 15 heavy (non-hydrogen) atoms. The van der Waals surface area contributed by atoms with Gasteiger partial charge in [0.15, 0.2) is 0 Å². The van der Waals surface area contributed by atoms with Crippen molar-refractivity contribution < 1.29 is 0 Å². The lowest BCUT2D eigenvalue weighted by molar-refractivity contribution is 0.958. The van der Waals surface area contributed by atoms with Crippen molar-refractivity contribution in [3.8, 4) is 0 Å². The predicted octanol–water partition coefficient (Wildman–Crippen LogP) is 3.51. The minimum atomic E-state index is 1.14. The van der Waals surface area contributed by atoms with Gasteiger partial charge in [0.1, 0.15) is 0 Å². The molecule has 1 aromatic rings. The van der Waals surface area contributed by atoms with Crippen LogP contribution in [0.2, 0.25) is 0 Å². The largest absolute Gasteiger partial charge is 0.341 e. The molecule has 0 saturated carbocycles. The van der Waals surface area contributed by atoms with Gasteiger partial charge in [0, 0.05) is 12.2 Å². The number of allylic oxidation sites excluding steroid dienone is 1. The third-order valence-electron chi connectivity index (χ3n) is 3.40. The number of aryl methyl sites for hydroxylation is 1. The van der Waals surface area contributed by atoms with E-state index in [1.807, 2.05) is 0 Å². The minimum absolute atomic E-state index is 1.14. The van der Waals surface area contributed by atoms with E-state index in [0.717, 1.165) is 6.54 Å². The Morgan fingerprint density at radius 1 is 1.13 bits per heavy atom. The molecule has 0 bridgehead atoms. The zero-order chi connectivity index (χ0) is 10.4. The average Bonchev–Trinajstić information content (AvgIpc) is 2.61. The van der Waals surface area contributed by atoms with Gasteiger partial charge in [-0.25, -0.2) is 0 Å². The van der Waals surface area contributed by atoms with Crippen LogP contribution in [0, 0.1) is 6.92 Å². The van der Waals surface area contributed by atoms with Crippen LogP contribution in [0.5, 0.6) is 0 Å². The van der Waals surface area contributed by atoms with E-state index in [0.29, 0.717) is 0 Å². The average molecular weight is 197 g/mol. The number of fused-ring (bicyclic) bond motifs is 3. The van der Waals surface area contributed by atoms with Crippen molar-refractivity contribution in [3.05, 3.63) is 46.7 Å². The van der Waals surface area contributed by atoms with Crippen LogP contribution < -0.4 is 4.90 Å². The van der Waals surface area contributed by atoms with Gasteiger partial charge in [-0.3, -0.25) is 0 Å². The van der Waals surface area contributed by atoms with E-state index < -0.39 is 0 Å². The third-order valence-corrected chi connectivity index (χ3v) is 3.40. The molecule has 0 atom stereocenters. The van der Waals surface area contributed by atoms with Gasteiger partial charge in [0.25, 0.3) is 0 Å². The van der Waals surface area contributed by atoms with Gasteiger partial charge in [-0.05, 0) is 43.0 Å². The van der Waals surface area contributed by atoms with Crippen LogP contribution in [0.3, 0.4) is 0 Å². The van der Waals surface area contributed by atoms with Gasteiger partial charge < -0.3 is 4.90 Å². The lowest BCUT2D eigenvalue weighted by Gasteiger charge is -2.28. The molecular formula is C14H15N. The summed E-state index contributed by atoms with van der Waals surface area (Å²) >= 11 is 0. The molecule has 2 heterocycles. The molecule has 1 aromatic carbocycles. The lowest BCUT2D eigenvalue weighted by Crippen LogP contribution is -2.21. The lowest BCUT2D eigenvalue weighted by atomic mass is 10.0. The summed E-state index contributed by atoms with van der Waals surface area (Å²) in [5, 5.41) is 0. The van der Waals surface area contributed by atoms with Crippen LogP contribution in [-0.2, 0) is 0 Å². The molecule has 1 heteroatoms. The second kappa shape index (κ2) is 2.99. The summed E-state index contributed by atoms with van der Waals surface area (Å²) in [4.78, 5) is 2.46. The van der Waals surface area contributed by atoms with Crippen LogP contribution >= 0.6 is 0 Å². The Labute approximate surface area is 90.7 Å². The molecule has 0 unspecified atom stereocenters. The SMILES string of the molecule is CC1=C2C=Cc3cccc(C)c3N2CC1. The molecule has 0 N–H and O–H groups in total. The fraction of sp³-hybridized carbons (Fsp3) is 0.286. The van der Waals surface area contributed by atoms with Gasteiger partial charge in [-0.1, -0.05) is 24.3 Å². The Morgan fingerprint density at radius 2 is 2.00 bits per heavy atom. The van der Waals surface area contributed by atoms with Crippen molar-refractivity contribution in [3.63, 3.8) is 0 Å². The molecule has 3 rings (SSSR count).